The first kappa shape index (κ1) is 18.4. The first-order chi connectivity index (χ1) is 13.0. The fourth-order valence-corrected chi connectivity index (χ4v) is 2.41. The highest BCUT2D eigenvalue weighted by molar-refractivity contribution is 5.94. The van der Waals surface area contributed by atoms with E-state index < -0.39 is 29.2 Å². The van der Waals surface area contributed by atoms with Crippen molar-refractivity contribution < 1.29 is 27.4 Å². The standard InChI is InChI=1S/C18H14F3N3O3/c1-2-26-18(25)17-16(22-24-23-17)11-6-4-3-5-10(11)9-27-13-8-7-12(19)14(20)15(13)21/h3-8H,2,9H2,1H3,(H,22,23,24). The van der Waals surface area contributed by atoms with Gasteiger partial charge in [-0.3, -0.25) is 0 Å². The third-order valence-corrected chi connectivity index (χ3v) is 3.67. The summed E-state index contributed by atoms with van der Waals surface area (Å²) in [7, 11) is 0. The fraction of sp³-hybridized carbons (Fsp3) is 0.167. The molecule has 1 N–H and O–H groups in total. The van der Waals surface area contributed by atoms with E-state index in [2.05, 4.69) is 15.4 Å². The number of rotatable bonds is 6. The molecular weight excluding hydrogens is 363 g/mol. The second-order valence-electron chi connectivity index (χ2n) is 5.36. The Balaban J connectivity index is 1.89. The van der Waals surface area contributed by atoms with Gasteiger partial charge in [-0.05, 0) is 24.6 Å². The number of hydrogen-bond acceptors (Lipinski definition) is 5. The van der Waals surface area contributed by atoms with Gasteiger partial charge in [0.25, 0.3) is 0 Å². The van der Waals surface area contributed by atoms with Gasteiger partial charge < -0.3 is 9.47 Å². The minimum absolute atomic E-state index is 0.0108. The van der Waals surface area contributed by atoms with Crippen molar-refractivity contribution in [2.45, 2.75) is 13.5 Å². The highest BCUT2D eigenvalue weighted by Crippen LogP contribution is 2.27. The first-order valence-electron chi connectivity index (χ1n) is 7.95. The summed E-state index contributed by atoms with van der Waals surface area (Å²) in [5.74, 6) is -5.41. The molecule has 27 heavy (non-hydrogen) atoms. The maximum atomic E-state index is 13.8. The van der Waals surface area contributed by atoms with E-state index in [1.807, 2.05) is 0 Å². The summed E-state index contributed by atoms with van der Waals surface area (Å²) >= 11 is 0. The van der Waals surface area contributed by atoms with Crippen LogP contribution in [0, 0.1) is 17.5 Å². The molecule has 0 unspecified atom stereocenters. The van der Waals surface area contributed by atoms with Crippen molar-refractivity contribution in [3.63, 3.8) is 0 Å². The average molecular weight is 377 g/mol. The van der Waals surface area contributed by atoms with Crippen LogP contribution >= 0.6 is 0 Å². The van der Waals surface area contributed by atoms with E-state index in [9.17, 15) is 18.0 Å². The van der Waals surface area contributed by atoms with Crippen LogP contribution in [0.5, 0.6) is 5.75 Å². The van der Waals surface area contributed by atoms with Crippen LogP contribution in [0.1, 0.15) is 23.0 Å². The molecule has 1 heterocycles. The number of ether oxygens (including phenoxy) is 2. The Kier molecular flexibility index (Phi) is 5.39. The van der Waals surface area contributed by atoms with E-state index in [1.165, 1.54) is 0 Å². The lowest BCUT2D eigenvalue weighted by Gasteiger charge is -2.11. The molecule has 0 aliphatic rings. The first-order valence-corrected chi connectivity index (χ1v) is 7.95. The van der Waals surface area contributed by atoms with Crippen molar-refractivity contribution in [2.24, 2.45) is 0 Å². The SMILES string of the molecule is CCOC(=O)c1n[nH]nc1-c1ccccc1COc1ccc(F)c(F)c1F. The molecule has 3 aromatic rings. The molecule has 0 bridgehead atoms. The van der Waals surface area contributed by atoms with Gasteiger partial charge in [0, 0.05) is 5.56 Å². The Morgan fingerprint density at radius 1 is 1.07 bits per heavy atom. The molecule has 0 fully saturated rings. The largest absolute Gasteiger partial charge is 0.486 e. The molecule has 6 nitrogen and oxygen atoms in total. The summed E-state index contributed by atoms with van der Waals surface area (Å²) in [6.07, 6.45) is 0. The smallest absolute Gasteiger partial charge is 0.361 e. The van der Waals surface area contributed by atoms with Crippen molar-refractivity contribution in [3.05, 3.63) is 65.1 Å². The van der Waals surface area contributed by atoms with Crippen LogP contribution < -0.4 is 4.74 Å². The van der Waals surface area contributed by atoms with Crippen LogP contribution in [-0.4, -0.2) is 28.0 Å². The van der Waals surface area contributed by atoms with E-state index in [-0.39, 0.29) is 24.6 Å². The molecule has 140 valence electrons. The third kappa shape index (κ3) is 3.76. The molecule has 9 heteroatoms. The average Bonchev–Trinajstić information content (AvgIpc) is 3.16. The van der Waals surface area contributed by atoms with Gasteiger partial charge in [0.2, 0.25) is 5.82 Å². The van der Waals surface area contributed by atoms with Gasteiger partial charge in [-0.1, -0.05) is 24.3 Å². The molecule has 1 aromatic heterocycles. The van der Waals surface area contributed by atoms with Crippen molar-refractivity contribution in [1.29, 1.82) is 0 Å². The third-order valence-electron chi connectivity index (χ3n) is 3.67. The molecule has 0 saturated heterocycles. The predicted octanol–water partition coefficient (Wildman–Crippen LogP) is 3.64. The summed E-state index contributed by atoms with van der Waals surface area (Å²) in [4.78, 5) is 12.0. The van der Waals surface area contributed by atoms with Crippen molar-refractivity contribution in [1.82, 2.24) is 15.4 Å². The number of hydrogen-bond donors (Lipinski definition) is 1. The molecule has 0 amide bonds. The van der Waals surface area contributed by atoms with E-state index in [4.69, 9.17) is 9.47 Å². The minimum Gasteiger partial charge on any atom is -0.486 e. The van der Waals surface area contributed by atoms with Crippen LogP contribution in [0.15, 0.2) is 36.4 Å². The number of carbonyl (C=O) groups is 1. The van der Waals surface area contributed by atoms with Crippen molar-refractivity contribution >= 4 is 5.97 Å². The van der Waals surface area contributed by atoms with Crippen LogP contribution in [0.4, 0.5) is 13.2 Å². The zero-order valence-corrected chi connectivity index (χ0v) is 14.1. The molecular formula is C18H14F3N3O3. The van der Waals surface area contributed by atoms with Gasteiger partial charge in [0.15, 0.2) is 23.1 Å². The summed E-state index contributed by atoms with van der Waals surface area (Å²) < 4.78 is 50.3. The van der Waals surface area contributed by atoms with Gasteiger partial charge in [-0.25, -0.2) is 13.6 Å². The number of H-pyrrole nitrogens is 1. The second-order valence-corrected chi connectivity index (χ2v) is 5.36. The van der Waals surface area contributed by atoms with Crippen molar-refractivity contribution in [2.75, 3.05) is 6.61 Å². The van der Waals surface area contributed by atoms with Gasteiger partial charge in [0.05, 0.1) is 6.61 Å². The topological polar surface area (TPSA) is 77.1 Å². The molecule has 2 aromatic carbocycles. The van der Waals surface area contributed by atoms with E-state index in [1.54, 1.807) is 31.2 Å². The van der Waals surface area contributed by atoms with Gasteiger partial charge >= 0.3 is 5.97 Å². The summed E-state index contributed by atoms with van der Waals surface area (Å²) in [5, 5.41) is 10.1. The zero-order valence-electron chi connectivity index (χ0n) is 14.1. The number of esters is 1. The Hall–Kier alpha value is -3.36. The Labute approximate surface area is 151 Å². The second kappa shape index (κ2) is 7.90. The lowest BCUT2D eigenvalue weighted by atomic mass is 10.0. The van der Waals surface area contributed by atoms with Gasteiger partial charge in [0.1, 0.15) is 12.3 Å². The van der Waals surface area contributed by atoms with Crippen LogP contribution in [-0.2, 0) is 11.3 Å². The highest BCUT2D eigenvalue weighted by atomic mass is 19.2. The van der Waals surface area contributed by atoms with Crippen LogP contribution in [0.3, 0.4) is 0 Å². The van der Waals surface area contributed by atoms with Crippen LogP contribution in [0.25, 0.3) is 11.3 Å². The summed E-state index contributed by atoms with van der Waals surface area (Å²) in [5.41, 5.74) is 1.25. The zero-order chi connectivity index (χ0) is 19.4. The molecule has 3 rings (SSSR count). The van der Waals surface area contributed by atoms with E-state index in [0.29, 0.717) is 11.1 Å². The highest BCUT2D eigenvalue weighted by Gasteiger charge is 2.21. The number of halogens is 3. The number of nitrogens with one attached hydrogen (secondary N) is 1. The summed E-state index contributed by atoms with van der Waals surface area (Å²) in [6.45, 7) is 1.66. The van der Waals surface area contributed by atoms with E-state index >= 15 is 0 Å². The molecule has 0 aliphatic heterocycles. The number of carbonyl (C=O) groups excluding carboxylic acids is 1. The molecule has 0 atom stereocenters. The quantitative estimate of drug-likeness (QED) is 0.524. The molecule has 0 radical (unpaired) electrons. The summed E-state index contributed by atoms with van der Waals surface area (Å²) in [6, 6.07) is 8.51. The normalized spacial score (nSPS) is 10.7. The minimum atomic E-state index is -1.61. The number of aromatic nitrogens is 3. The maximum absolute atomic E-state index is 13.8. The number of benzene rings is 2. The van der Waals surface area contributed by atoms with E-state index in [0.717, 1.165) is 12.1 Å². The molecule has 0 spiro atoms. The van der Waals surface area contributed by atoms with Crippen molar-refractivity contribution in [3.8, 4) is 17.0 Å². The monoisotopic (exact) mass is 377 g/mol. The van der Waals surface area contributed by atoms with Crippen LogP contribution in [0.2, 0.25) is 0 Å². The molecule has 0 saturated carbocycles. The van der Waals surface area contributed by atoms with Gasteiger partial charge in [-0.15, -0.1) is 5.10 Å². The number of aromatic amines is 1. The fourth-order valence-electron chi connectivity index (χ4n) is 2.41. The molecule has 0 aliphatic carbocycles. The lowest BCUT2D eigenvalue weighted by molar-refractivity contribution is 0.0520. The van der Waals surface area contributed by atoms with Gasteiger partial charge in [-0.2, -0.15) is 14.7 Å². The maximum Gasteiger partial charge on any atom is 0.361 e. The Morgan fingerprint density at radius 3 is 2.63 bits per heavy atom. The lowest BCUT2D eigenvalue weighted by Crippen LogP contribution is -2.08. The Bertz CT molecular complexity index is 975. The predicted molar refractivity (Wildman–Crippen MR) is 88.4 cm³/mol. The number of nitrogens with zero attached hydrogens (tertiary/aromatic N) is 2. The Morgan fingerprint density at radius 2 is 1.85 bits per heavy atom.